The van der Waals surface area contributed by atoms with E-state index in [9.17, 15) is 17.6 Å². The number of halogens is 1. The molecule has 1 saturated heterocycles. The molecule has 116 valence electrons. The molecule has 0 aromatic heterocycles. The van der Waals surface area contributed by atoms with Crippen LogP contribution in [-0.2, 0) is 14.8 Å². The number of benzene rings is 1. The van der Waals surface area contributed by atoms with E-state index in [0.717, 1.165) is 6.07 Å². The standard InChI is InChI=1S/C13H17FN2O4S/c1-20-13(17)16-8-6-10(7-9-16)15-21(18,19)12-5-3-2-4-11(12)14/h2-5,10,15H,6-9H2,1H3. The monoisotopic (exact) mass is 316 g/mol. The Balaban J connectivity index is 2.00. The highest BCUT2D eigenvalue weighted by molar-refractivity contribution is 7.89. The molecule has 0 bridgehead atoms. The van der Waals surface area contributed by atoms with Gasteiger partial charge in [-0.15, -0.1) is 0 Å². The number of ether oxygens (including phenoxy) is 1. The summed E-state index contributed by atoms with van der Waals surface area (Å²) in [5, 5.41) is 0. The van der Waals surface area contributed by atoms with Crippen molar-refractivity contribution in [1.82, 2.24) is 9.62 Å². The Morgan fingerprint density at radius 1 is 1.33 bits per heavy atom. The van der Waals surface area contributed by atoms with Gasteiger partial charge >= 0.3 is 6.09 Å². The van der Waals surface area contributed by atoms with E-state index in [4.69, 9.17) is 0 Å². The van der Waals surface area contributed by atoms with Gasteiger partial charge in [0.25, 0.3) is 0 Å². The molecule has 1 amide bonds. The molecule has 1 aliphatic rings. The Kier molecular flexibility index (Phi) is 4.79. The zero-order valence-electron chi connectivity index (χ0n) is 11.6. The van der Waals surface area contributed by atoms with Gasteiger partial charge in [-0.3, -0.25) is 0 Å². The number of carbonyl (C=O) groups excluding carboxylic acids is 1. The van der Waals surface area contributed by atoms with Crippen LogP contribution < -0.4 is 4.72 Å². The lowest BCUT2D eigenvalue weighted by atomic mass is 10.1. The molecule has 1 aromatic rings. The van der Waals surface area contributed by atoms with Crippen molar-refractivity contribution >= 4 is 16.1 Å². The van der Waals surface area contributed by atoms with E-state index in [1.807, 2.05) is 0 Å². The predicted molar refractivity (Wildman–Crippen MR) is 73.7 cm³/mol. The van der Waals surface area contributed by atoms with Crippen molar-refractivity contribution in [3.05, 3.63) is 30.1 Å². The molecule has 1 aromatic carbocycles. The summed E-state index contributed by atoms with van der Waals surface area (Å²) >= 11 is 0. The second-order valence-corrected chi connectivity index (χ2v) is 6.47. The SMILES string of the molecule is COC(=O)N1CCC(NS(=O)(=O)c2ccccc2F)CC1. The fourth-order valence-corrected chi connectivity index (χ4v) is 3.64. The second kappa shape index (κ2) is 6.40. The predicted octanol–water partition coefficient (Wildman–Crippen LogP) is 1.33. The topological polar surface area (TPSA) is 75.7 Å². The van der Waals surface area contributed by atoms with Crippen molar-refractivity contribution in [1.29, 1.82) is 0 Å². The van der Waals surface area contributed by atoms with Crippen LogP contribution >= 0.6 is 0 Å². The number of nitrogens with one attached hydrogen (secondary N) is 1. The van der Waals surface area contributed by atoms with Gasteiger partial charge in [0, 0.05) is 19.1 Å². The van der Waals surface area contributed by atoms with E-state index < -0.39 is 21.9 Å². The van der Waals surface area contributed by atoms with Crippen LogP contribution in [0.3, 0.4) is 0 Å². The van der Waals surface area contributed by atoms with Gasteiger partial charge in [-0.05, 0) is 25.0 Å². The lowest BCUT2D eigenvalue weighted by Gasteiger charge is -2.31. The molecule has 1 aliphatic heterocycles. The Bertz CT molecular complexity index is 612. The van der Waals surface area contributed by atoms with Crippen LogP contribution in [0.2, 0.25) is 0 Å². The van der Waals surface area contributed by atoms with Crippen molar-refractivity contribution in [2.24, 2.45) is 0 Å². The van der Waals surface area contributed by atoms with Crippen molar-refractivity contribution in [2.45, 2.75) is 23.8 Å². The van der Waals surface area contributed by atoms with Crippen LogP contribution in [0.25, 0.3) is 0 Å². The largest absolute Gasteiger partial charge is 0.453 e. The minimum absolute atomic E-state index is 0.324. The molecule has 2 rings (SSSR count). The van der Waals surface area contributed by atoms with Crippen molar-refractivity contribution in [3.63, 3.8) is 0 Å². The van der Waals surface area contributed by atoms with Crippen LogP contribution in [0.15, 0.2) is 29.2 Å². The average Bonchev–Trinajstić information content (AvgIpc) is 2.47. The van der Waals surface area contributed by atoms with E-state index in [1.54, 1.807) is 0 Å². The Morgan fingerprint density at radius 3 is 2.52 bits per heavy atom. The van der Waals surface area contributed by atoms with Crippen LogP contribution in [0.4, 0.5) is 9.18 Å². The molecule has 1 fully saturated rings. The molecule has 0 spiro atoms. The summed E-state index contributed by atoms with van der Waals surface area (Å²) in [6.45, 7) is 0.800. The third-order valence-electron chi connectivity index (χ3n) is 3.38. The smallest absolute Gasteiger partial charge is 0.409 e. The van der Waals surface area contributed by atoms with Crippen molar-refractivity contribution < 1.29 is 22.3 Å². The van der Waals surface area contributed by atoms with E-state index in [1.165, 1.54) is 30.2 Å². The zero-order valence-corrected chi connectivity index (χ0v) is 12.4. The maximum atomic E-state index is 13.6. The number of rotatable bonds is 3. The van der Waals surface area contributed by atoms with Gasteiger partial charge in [-0.25, -0.2) is 22.3 Å². The van der Waals surface area contributed by atoms with E-state index in [2.05, 4.69) is 9.46 Å². The van der Waals surface area contributed by atoms with E-state index >= 15 is 0 Å². The second-order valence-electron chi connectivity index (χ2n) is 4.78. The Hall–Kier alpha value is -1.67. The first-order valence-corrected chi connectivity index (χ1v) is 8.02. The average molecular weight is 316 g/mol. The number of sulfonamides is 1. The Labute approximate surface area is 122 Å². The molecule has 8 heteroatoms. The van der Waals surface area contributed by atoms with Gasteiger partial charge in [0.05, 0.1) is 7.11 Å². The normalized spacial score (nSPS) is 16.8. The fourth-order valence-electron chi connectivity index (χ4n) is 2.25. The number of carbonyl (C=O) groups is 1. The highest BCUT2D eigenvalue weighted by atomic mass is 32.2. The molecule has 0 aliphatic carbocycles. The van der Waals surface area contributed by atoms with Gasteiger partial charge in [-0.2, -0.15) is 0 Å². The first kappa shape index (κ1) is 15.7. The molecule has 0 saturated carbocycles. The number of methoxy groups -OCH3 is 1. The van der Waals surface area contributed by atoms with Crippen LogP contribution in [0.5, 0.6) is 0 Å². The third kappa shape index (κ3) is 3.70. The Morgan fingerprint density at radius 2 is 1.95 bits per heavy atom. The molecule has 0 radical (unpaired) electrons. The number of likely N-dealkylation sites (tertiary alicyclic amines) is 1. The summed E-state index contributed by atoms with van der Waals surface area (Å²) in [6, 6.07) is 4.91. The minimum Gasteiger partial charge on any atom is -0.453 e. The zero-order chi connectivity index (χ0) is 15.5. The number of hydrogen-bond donors (Lipinski definition) is 1. The van der Waals surface area contributed by atoms with Gasteiger partial charge in [0.2, 0.25) is 10.0 Å². The maximum absolute atomic E-state index is 13.6. The van der Waals surface area contributed by atoms with Gasteiger partial charge in [0.1, 0.15) is 10.7 Å². The van der Waals surface area contributed by atoms with Gasteiger partial charge < -0.3 is 9.64 Å². The lowest BCUT2D eigenvalue weighted by molar-refractivity contribution is 0.111. The minimum atomic E-state index is -3.89. The van der Waals surface area contributed by atoms with E-state index in [-0.39, 0.29) is 10.9 Å². The van der Waals surface area contributed by atoms with E-state index in [0.29, 0.717) is 25.9 Å². The number of piperidine rings is 1. The summed E-state index contributed by atoms with van der Waals surface area (Å²) in [6.07, 6.45) is 0.497. The molecule has 0 atom stereocenters. The first-order chi connectivity index (χ1) is 9.94. The van der Waals surface area contributed by atoms with Gasteiger partial charge in [-0.1, -0.05) is 12.1 Å². The van der Waals surface area contributed by atoms with Crippen molar-refractivity contribution in [2.75, 3.05) is 20.2 Å². The molecule has 1 heterocycles. The fraction of sp³-hybridized carbons (Fsp3) is 0.462. The lowest BCUT2D eigenvalue weighted by Crippen LogP contribution is -2.46. The van der Waals surface area contributed by atoms with Crippen LogP contribution in [0, 0.1) is 5.82 Å². The van der Waals surface area contributed by atoms with Crippen molar-refractivity contribution in [3.8, 4) is 0 Å². The van der Waals surface area contributed by atoms with Crippen LogP contribution in [0.1, 0.15) is 12.8 Å². The summed E-state index contributed by atoms with van der Waals surface area (Å²) in [5.41, 5.74) is 0. The number of nitrogens with zero attached hydrogens (tertiary/aromatic N) is 1. The molecular formula is C13H17FN2O4S. The van der Waals surface area contributed by atoms with Gasteiger partial charge in [0.15, 0.2) is 0 Å². The van der Waals surface area contributed by atoms with Crippen LogP contribution in [-0.4, -0.2) is 45.7 Å². The molecule has 6 nitrogen and oxygen atoms in total. The first-order valence-electron chi connectivity index (χ1n) is 6.54. The molecular weight excluding hydrogens is 299 g/mol. The maximum Gasteiger partial charge on any atom is 0.409 e. The molecule has 0 unspecified atom stereocenters. The summed E-state index contributed by atoms with van der Waals surface area (Å²) in [7, 11) is -2.59. The summed E-state index contributed by atoms with van der Waals surface area (Å²) < 4.78 is 44.9. The summed E-state index contributed by atoms with van der Waals surface area (Å²) in [4.78, 5) is 12.5. The highest BCUT2D eigenvalue weighted by Gasteiger charge is 2.28. The number of hydrogen-bond acceptors (Lipinski definition) is 4. The third-order valence-corrected chi connectivity index (χ3v) is 4.93. The molecule has 1 N–H and O–H groups in total. The molecule has 21 heavy (non-hydrogen) atoms. The highest BCUT2D eigenvalue weighted by Crippen LogP contribution is 2.17. The summed E-state index contributed by atoms with van der Waals surface area (Å²) in [5.74, 6) is -0.781. The number of amides is 1. The quantitative estimate of drug-likeness (QED) is 0.913.